The second-order valence-corrected chi connectivity index (χ2v) is 12.9. The van der Waals surface area contributed by atoms with E-state index in [2.05, 4.69) is 15.1 Å². The van der Waals surface area contributed by atoms with Gasteiger partial charge in [0, 0.05) is 42.2 Å². The molecule has 6 rings (SSSR count). The van der Waals surface area contributed by atoms with E-state index < -0.39 is 14.6 Å². The third-order valence-corrected chi connectivity index (χ3v) is 10.0. The van der Waals surface area contributed by atoms with E-state index in [9.17, 15) is 18.0 Å². The van der Waals surface area contributed by atoms with Crippen LogP contribution in [0, 0.1) is 0 Å². The molecule has 1 saturated carbocycles. The van der Waals surface area contributed by atoms with Crippen molar-refractivity contribution in [2.75, 3.05) is 12.8 Å². The molecule has 1 N–H and O–H groups in total. The monoisotopic (exact) mass is 567 g/mol. The molecule has 0 unspecified atom stereocenters. The van der Waals surface area contributed by atoms with Gasteiger partial charge in [0.15, 0.2) is 9.84 Å². The van der Waals surface area contributed by atoms with Gasteiger partial charge in [-0.2, -0.15) is 5.10 Å². The van der Waals surface area contributed by atoms with Crippen molar-refractivity contribution in [3.05, 3.63) is 80.9 Å². The highest BCUT2D eigenvalue weighted by Crippen LogP contribution is 2.53. The quantitative estimate of drug-likeness (QED) is 0.391. The van der Waals surface area contributed by atoms with Gasteiger partial charge >= 0.3 is 0 Å². The first-order chi connectivity index (χ1) is 18.5. The van der Waals surface area contributed by atoms with Gasteiger partial charge in [-0.15, -0.1) is 5.10 Å². The molecule has 202 valence electrons. The summed E-state index contributed by atoms with van der Waals surface area (Å²) in [6.07, 6.45) is 5.82. The van der Waals surface area contributed by atoms with Gasteiger partial charge in [-0.05, 0) is 62.1 Å². The standard InChI is InChI=1S/C26H26ClN7O4S/c1-15-21-19(6-10-33(15)25(36)23-29-14-34(31-23)20-5-4-9-28-24(20)35)22(32(2)30-21)16-11-17(13-18(27)12-16)26(7-8-26)39(3,37)38/h4-5,9,11-15H,6-8,10H2,1-3H3,(H,28,35)/t15-/m0/s1. The summed E-state index contributed by atoms with van der Waals surface area (Å²) in [6.45, 7) is 2.31. The number of aromatic amines is 1. The Balaban J connectivity index is 1.32. The molecule has 4 heterocycles. The van der Waals surface area contributed by atoms with Crippen molar-refractivity contribution in [1.82, 2.24) is 34.4 Å². The maximum Gasteiger partial charge on any atom is 0.294 e. The number of carbonyl (C=O) groups excluding carboxylic acids is 1. The van der Waals surface area contributed by atoms with Gasteiger partial charge in [0.05, 0.1) is 22.2 Å². The van der Waals surface area contributed by atoms with E-state index in [0.29, 0.717) is 36.4 Å². The lowest BCUT2D eigenvalue weighted by atomic mass is 9.94. The first kappa shape index (κ1) is 25.5. The summed E-state index contributed by atoms with van der Waals surface area (Å²) >= 11 is 6.49. The predicted octanol–water partition coefficient (Wildman–Crippen LogP) is 2.80. The van der Waals surface area contributed by atoms with Crippen molar-refractivity contribution in [3.63, 3.8) is 0 Å². The molecule has 1 atom stereocenters. The molecule has 0 bridgehead atoms. The number of aromatic nitrogens is 6. The molecule has 3 aromatic heterocycles. The van der Waals surface area contributed by atoms with Crippen molar-refractivity contribution in [1.29, 1.82) is 0 Å². The van der Waals surface area contributed by atoms with E-state index in [1.54, 1.807) is 27.8 Å². The molecular weight excluding hydrogens is 542 g/mol. The summed E-state index contributed by atoms with van der Waals surface area (Å²) in [5, 5.41) is 9.47. The van der Waals surface area contributed by atoms with E-state index in [1.165, 1.54) is 23.5 Å². The van der Waals surface area contributed by atoms with Gasteiger partial charge in [0.2, 0.25) is 5.82 Å². The van der Waals surface area contributed by atoms with Crippen LogP contribution in [-0.2, 0) is 28.1 Å². The highest BCUT2D eigenvalue weighted by molar-refractivity contribution is 7.92. The lowest BCUT2D eigenvalue weighted by molar-refractivity contribution is 0.0661. The highest BCUT2D eigenvalue weighted by atomic mass is 35.5. The number of sulfone groups is 1. The Morgan fingerprint density at radius 3 is 2.67 bits per heavy atom. The summed E-state index contributed by atoms with van der Waals surface area (Å²) in [6, 6.07) is 8.36. The molecule has 11 nitrogen and oxygen atoms in total. The third-order valence-electron chi connectivity index (χ3n) is 7.74. The number of nitrogens with zero attached hydrogens (tertiary/aromatic N) is 6. The van der Waals surface area contributed by atoms with Gasteiger partial charge in [0.25, 0.3) is 11.5 Å². The fourth-order valence-electron chi connectivity index (χ4n) is 5.56. The number of hydrogen-bond acceptors (Lipinski definition) is 7. The molecule has 39 heavy (non-hydrogen) atoms. The van der Waals surface area contributed by atoms with Crippen LogP contribution in [-0.4, -0.2) is 61.6 Å². The Kier molecular flexibility index (Phi) is 5.81. The summed E-state index contributed by atoms with van der Waals surface area (Å²) in [5.41, 5.74) is 4.00. The van der Waals surface area contributed by atoms with E-state index in [-0.39, 0.29) is 29.0 Å². The topological polar surface area (TPSA) is 136 Å². The number of halogens is 1. The van der Waals surface area contributed by atoms with Gasteiger partial charge < -0.3 is 9.88 Å². The minimum Gasteiger partial charge on any atom is -0.327 e. The first-order valence-corrected chi connectivity index (χ1v) is 14.7. The molecule has 4 aromatic rings. The fourth-order valence-corrected chi connectivity index (χ4v) is 7.18. The molecule has 1 amide bonds. The fraction of sp³-hybridized carbons (Fsp3) is 0.346. The molecule has 13 heteroatoms. The van der Waals surface area contributed by atoms with Gasteiger partial charge in [-0.1, -0.05) is 11.6 Å². The smallest absolute Gasteiger partial charge is 0.294 e. The molecule has 0 radical (unpaired) electrons. The third kappa shape index (κ3) is 4.09. The Hall–Kier alpha value is -3.77. The van der Waals surface area contributed by atoms with Crippen molar-refractivity contribution in [2.24, 2.45) is 7.05 Å². The number of aryl methyl sites for hydroxylation is 1. The van der Waals surface area contributed by atoms with Crippen molar-refractivity contribution in [3.8, 4) is 16.9 Å². The normalized spacial score (nSPS) is 18.2. The summed E-state index contributed by atoms with van der Waals surface area (Å²) in [5.74, 6) is -0.375. The Bertz CT molecular complexity index is 1800. The molecule has 2 aliphatic rings. The number of hydrogen-bond donors (Lipinski definition) is 1. The molecule has 1 aromatic carbocycles. The Morgan fingerprint density at radius 2 is 1.97 bits per heavy atom. The van der Waals surface area contributed by atoms with E-state index in [0.717, 1.165) is 22.5 Å². The average Bonchev–Trinajstić information content (AvgIpc) is 3.45. The van der Waals surface area contributed by atoms with E-state index in [4.69, 9.17) is 16.7 Å². The van der Waals surface area contributed by atoms with Gasteiger partial charge in [-0.25, -0.2) is 18.1 Å². The largest absolute Gasteiger partial charge is 0.327 e. The maximum atomic E-state index is 13.4. The minimum absolute atomic E-state index is 0.0142. The molecule has 1 aliphatic heterocycles. The van der Waals surface area contributed by atoms with Crippen LogP contribution in [0.1, 0.15) is 53.2 Å². The van der Waals surface area contributed by atoms with Crippen LogP contribution >= 0.6 is 11.6 Å². The van der Waals surface area contributed by atoms with Crippen LogP contribution in [0.25, 0.3) is 16.9 Å². The molecule has 1 fully saturated rings. The number of amides is 1. The van der Waals surface area contributed by atoms with E-state index >= 15 is 0 Å². The summed E-state index contributed by atoms with van der Waals surface area (Å²) in [4.78, 5) is 33.9. The van der Waals surface area contributed by atoms with Crippen LogP contribution < -0.4 is 5.56 Å². The van der Waals surface area contributed by atoms with Crippen LogP contribution in [0.15, 0.2) is 47.7 Å². The van der Waals surface area contributed by atoms with Crippen LogP contribution in [0.3, 0.4) is 0 Å². The number of nitrogens with one attached hydrogen (secondary N) is 1. The zero-order chi connectivity index (χ0) is 27.7. The summed E-state index contributed by atoms with van der Waals surface area (Å²) in [7, 11) is -1.47. The van der Waals surface area contributed by atoms with Crippen LogP contribution in [0.5, 0.6) is 0 Å². The van der Waals surface area contributed by atoms with Crippen LogP contribution in [0.2, 0.25) is 5.02 Å². The lowest BCUT2D eigenvalue weighted by Crippen LogP contribution is -2.39. The molecular formula is C26H26ClN7O4S. The maximum absolute atomic E-state index is 13.4. The number of carbonyl (C=O) groups is 1. The Morgan fingerprint density at radius 1 is 1.21 bits per heavy atom. The number of fused-ring (bicyclic) bond motifs is 1. The number of rotatable bonds is 5. The SMILES string of the molecule is C[C@H]1c2nn(C)c(-c3cc(Cl)cc(C4(S(C)(=O)=O)CC4)c3)c2CCN1C(=O)c1ncn(-c2ccc[nH]c2=O)n1. The zero-order valence-corrected chi connectivity index (χ0v) is 23.1. The van der Waals surface area contributed by atoms with Crippen molar-refractivity contribution in [2.45, 2.75) is 37.0 Å². The zero-order valence-electron chi connectivity index (χ0n) is 21.5. The predicted molar refractivity (Wildman–Crippen MR) is 145 cm³/mol. The van der Waals surface area contributed by atoms with Crippen LogP contribution in [0.4, 0.5) is 0 Å². The highest BCUT2D eigenvalue weighted by Gasteiger charge is 2.53. The molecule has 0 spiro atoms. The summed E-state index contributed by atoms with van der Waals surface area (Å²) < 4.78 is 27.3. The second kappa shape index (κ2) is 8.88. The lowest BCUT2D eigenvalue weighted by Gasteiger charge is -2.32. The number of pyridine rings is 1. The van der Waals surface area contributed by atoms with Gasteiger partial charge in [0.1, 0.15) is 12.0 Å². The van der Waals surface area contributed by atoms with Gasteiger partial charge in [-0.3, -0.25) is 14.3 Å². The molecule has 1 aliphatic carbocycles. The average molecular weight is 568 g/mol. The first-order valence-electron chi connectivity index (χ1n) is 12.5. The molecule has 0 saturated heterocycles. The Labute approximate surface area is 229 Å². The minimum atomic E-state index is -3.30. The number of H-pyrrole nitrogens is 1. The van der Waals surface area contributed by atoms with Crippen molar-refractivity contribution < 1.29 is 13.2 Å². The second-order valence-electron chi connectivity index (χ2n) is 10.2. The number of benzene rings is 1. The van der Waals surface area contributed by atoms with E-state index in [1.807, 2.05) is 26.1 Å². The van der Waals surface area contributed by atoms with Crippen molar-refractivity contribution >= 4 is 27.3 Å².